The first kappa shape index (κ1) is 16.5. The van der Waals surface area contributed by atoms with Crippen LogP contribution in [0.2, 0.25) is 0 Å². The van der Waals surface area contributed by atoms with Gasteiger partial charge in [-0.05, 0) is 12.1 Å². The molecule has 8 nitrogen and oxygen atoms in total. The fourth-order valence-electron chi connectivity index (χ4n) is 2.93. The zero-order chi connectivity index (χ0) is 16.8. The van der Waals surface area contributed by atoms with Gasteiger partial charge in [0.05, 0.1) is 24.0 Å². The number of para-hydroxylation sites is 1. The maximum Gasteiger partial charge on any atom is 0.208 e. The second-order valence-electron chi connectivity index (χ2n) is 5.39. The van der Waals surface area contributed by atoms with Gasteiger partial charge in [-0.2, -0.15) is 0 Å². The van der Waals surface area contributed by atoms with Gasteiger partial charge in [-0.1, -0.05) is 12.1 Å². The Morgan fingerprint density at radius 3 is 2.61 bits per heavy atom. The lowest BCUT2D eigenvalue weighted by Gasteiger charge is -2.47. The summed E-state index contributed by atoms with van der Waals surface area (Å²) in [5.74, 6) is -0.149. The predicted molar refractivity (Wildman–Crippen MR) is 78.5 cm³/mol. The van der Waals surface area contributed by atoms with E-state index >= 15 is 0 Å². The minimum absolute atomic E-state index is 0.149. The number of hydrogen-bond acceptors (Lipinski definition) is 7. The van der Waals surface area contributed by atoms with E-state index in [1.807, 2.05) is 0 Å². The van der Waals surface area contributed by atoms with Gasteiger partial charge in [-0.3, -0.25) is 0 Å². The number of aromatic hydroxyl groups is 1. The fraction of sp³-hybridized carbons (Fsp3) is 0.429. The number of ether oxygens (including phenoxy) is 1. The third-order valence-corrected chi connectivity index (χ3v) is 4.31. The molecule has 1 aromatic carbocycles. The van der Waals surface area contributed by atoms with E-state index in [9.17, 15) is 25.5 Å². The van der Waals surface area contributed by atoms with Crippen molar-refractivity contribution in [1.29, 1.82) is 0 Å². The summed E-state index contributed by atoms with van der Waals surface area (Å²) in [5.41, 5.74) is -1.98. The van der Waals surface area contributed by atoms with Gasteiger partial charge in [0.2, 0.25) is 12.0 Å². The summed E-state index contributed by atoms with van der Waals surface area (Å²) in [6.07, 6.45) is -5.07. The first-order chi connectivity index (χ1) is 10.9. The molecular weight excluding hydrogens is 330 g/mol. The summed E-state index contributed by atoms with van der Waals surface area (Å²) >= 11 is 5.27. The minimum atomic E-state index is -2.34. The summed E-state index contributed by atoms with van der Waals surface area (Å²) in [6.45, 7) is -0.641. The number of rotatable bonds is 3. The second kappa shape index (κ2) is 5.91. The van der Waals surface area contributed by atoms with Crippen LogP contribution in [0.4, 0.5) is 0 Å². The molecule has 9 heteroatoms. The molecule has 23 heavy (non-hydrogen) atoms. The van der Waals surface area contributed by atoms with Crippen molar-refractivity contribution in [2.45, 2.75) is 30.3 Å². The molecule has 5 atom stereocenters. The van der Waals surface area contributed by atoms with E-state index in [4.69, 9.17) is 16.6 Å². The molecule has 0 spiro atoms. The van der Waals surface area contributed by atoms with E-state index in [-0.39, 0.29) is 5.75 Å². The quantitative estimate of drug-likeness (QED) is 0.512. The van der Waals surface area contributed by atoms with Crippen LogP contribution in [0.15, 0.2) is 30.5 Å². The van der Waals surface area contributed by atoms with Crippen molar-refractivity contribution < 1.29 is 34.6 Å². The highest BCUT2D eigenvalue weighted by atomic mass is 35.5. The summed E-state index contributed by atoms with van der Waals surface area (Å²) in [7, 11) is 0. The average Bonchev–Trinajstić information content (AvgIpc) is 2.91. The topological polar surface area (TPSA) is 125 Å². The molecule has 0 unspecified atom stereocenters. The van der Waals surface area contributed by atoms with Crippen molar-refractivity contribution in [3.05, 3.63) is 30.5 Å². The molecule has 2 heterocycles. The Labute approximate surface area is 135 Å². The normalized spacial score (nSPS) is 34.8. The standard InChI is InChI=1S/C14H16ClNO7/c15-23-13-12(20)14(21,11(19)10(6-17)22-13)16-5-9(18)7-3-1-2-4-8(7)16/h1-5,10-13,17-21H,6H2/t10-,11+,12+,13+,14+/m1/s1. The summed E-state index contributed by atoms with van der Waals surface area (Å²) in [5, 5.41) is 51.5. The average molecular weight is 346 g/mol. The lowest BCUT2D eigenvalue weighted by Crippen LogP contribution is -2.67. The largest absolute Gasteiger partial charge is 0.506 e. The Bertz CT molecular complexity index is 689. The highest BCUT2D eigenvalue weighted by molar-refractivity contribution is 6.07. The zero-order valence-corrected chi connectivity index (χ0v) is 12.5. The summed E-state index contributed by atoms with van der Waals surface area (Å²) in [6, 6.07) is 6.56. The van der Waals surface area contributed by atoms with Crippen molar-refractivity contribution in [2.75, 3.05) is 6.61 Å². The van der Waals surface area contributed by atoms with Crippen molar-refractivity contribution in [1.82, 2.24) is 4.57 Å². The molecule has 0 bridgehead atoms. The first-order valence-electron chi connectivity index (χ1n) is 6.86. The van der Waals surface area contributed by atoms with Crippen LogP contribution in [0.5, 0.6) is 5.75 Å². The number of aliphatic hydroxyl groups excluding tert-OH is 3. The number of halogens is 1. The number of aliphatic hydroxyl groups is 4. The second-order valence-corrected chi connectivity index (χ2v) is 5.57. The van der Waals surface area contributed by atoms with E-state index in [1.54, 1.807) is 24.3 Å². The fourth-order valence-corrected chi connectivity index (χ4v) is 3.07. The van der Waals surface area contributed by atoms with Gasteiger partial charge in [0.25, 0.3) is 0 Å². The van der Waals surface area contributed by atoms with Crippen LogP contribution in [0.25, 0.3) is 10.9 Å². The van der Waals surface area contributed by atoms with E-state index in [0.29, 0.717) is 10.9 Å². The molecule has 5 N–H and O–H groups in total. The highest BCUT2D eigenvalue weighted by Crippen LogP contribution is 2.39. The number of nitrogens with zero attached hydrogens (tertiary/aromatic N) is 1. The number of fused-ring (bicyclic) bond motifs is 1. The molecule has 2 aromatic rings. The molecular formula is C14H16ClNO7. The molecule has 126 valence electrons. The maximum atomic E-state index is 11.0. The Hall–Kier alpha value is -1.39. The molecule has 1 aliphatic rings. The van der Waals surface area contributed by atoms with Crippen LogP contribution in [0.3, 0.4) is 0 Å². The SMILES string of the molecule is OC[C@H]1O[C@@H](OCl)[C@H](O)[C@](O)(n2cc(O)c3ccccc32)[C@H]1O. The minimum Gasteiger partial charge on any atom is -0.506 e. The van der Waals surface area contributed by atoms with Crippen molar-refractivity contribution in [2.24, 2.45) is 0 Å². The lowest BCUT2D eigenvalue weighted by atomic mass is 9.91. The number of hydrogen-bond donors (Lipinski definition) is 5. The third kappa shape index (κ3) is 2.31. The Kier molecular flexibility index (Phi) is 4.23. The molecule has 1 fully saturated rings. The van der Waals surface area contributed by atoms with Gasteiger partial charge in [-0.25, -0.2) is 4.29 Å². The van der Waals surface area contributed by atoms with Crippen LogP contribution in [0.1, 0.15) is 0 Å². The number of aromatic nitrogens is 1. The zero-order valence-electron chi connectivity index (χ0n) is 11.8. The smallest absolute Gasteiger partial charge is 0.208 e. The molecule has 0 radical (unpaired) electrons. The van der Waals surface area contributed by atoms with Crippen molar-refractivity contribution >= 4 is 22.8 Å². The highest BCUT2D eigenvalue weighted by Gasteiger charge is 2.57. The third-order valence-electron chi connectivity index (χ3n) is 4.13. The van der Waals surface area contributed by atoms with Crippen LogP contribution in [-0.2, 0) is 14.8 Å². The molecule has 1 aliphatic heterocycles. The molecule has 3 rings (SSSR count). The summed E-state index contributed by atoms with van der Waals surface area (Å²) in [4.78, 5) is 0. The predicted octanol–water partition coefficient (Wildman–Crippen LogP) is -0.399. The Balaban J connectivity index is 2.19. The number of benzene rings is 1. The molecule has 1 saturated heterocycles. The molecule has 0 aliphatic carbocycles. The maximum absolute atomic E-state index is 11.0. The van der Waals surface area contributed by atoms with Gasteiger partial charge in [0.15, 0.2) is 6.10 Å². The molecule has 0 amide bonds. The van der Waals surface area contributed by atoms with Gasteiger partial charge in [0, 0.05) is 11.6 Å². The van der Waals surface area contributed by atoms with E-state index < -0.39 is 36.9 Å². The van der Waals surface area contributed by atoms with E-state index in [0.717, 1.165) is 4.57 Å². The van der Waals surface area contributed by atoms with Crippen LogP contribution in [0, 0.1) is 0 Å². The Morgan fingerprint density at radius 2 is 1.96 bits per heavy atom. The van der Waals surface area contributed by atoms with E-state index in [2.05, 4.69) is 4.29 Å². The van der Waals surface area contributed by atoms with Crippen molar-refractivity contribution in [3.63, 3.8) is 0 Å². The summed E-state index contributed by atoms with van der Waals surface area (Å²) < 4.78 is 10.7. The van der Waals surface area contributed by atoms with Crippen LogP contribution >= 0.6 is 11.9 Å². The lowest BCUT2D eigenvalue weighted by molar-refractivity contribution is -0.340. The Morgan fingerprint density at radius 1 is 1.26 bits per heavy atom. The van der Waals surface area contributed by atoms with Gasteiger partial charge < -0.3 is 34.8 Å². The molecule has 1 aromatic heterocycles. The first-order valence-corrected chi connectivity index (χ1v) is 7.17. The van der Waals surface area contributed by atoms with Crippen molar-refractivity contribution in [3.8, 4) is 5.75 Å². The monoisotopic (exact) mass is 345 g/mol. The van der Waals surface area contributed by atoms with Crippen LogP contribution < -0.4 is 0 Å². The van der Waals surface area contributed by atoms with E-state index in [1.165, 1.54) is 6.20 Å². The van der Waals surface area contributed by atoms with Crippen LogP contribution in [-0.4, -0.2) is 61.3 Å². The van der Waals surface area contributed by atoms with Gasteiger partial charge >= 0.3 is 0 Å². The van der Waals surface area contributed by atoms with Gasteiger partial charge in [0.1, 0.15) is 18.0 Å². The molecule has 0 saturated carbocycles. The van der Waals surface area contributed by atoms with Gasteiger partial charge in [-0.15, -0.1) is 0 Å².